The number of hydrogen-bond acceptors (Lipinski definition) is 4. The summed E-state index contributed by atoms with van der Waals surface area (Å²) in [7, 11) is 0. The average Bonchev–Trinajstić information content (AvgIpc) is 3.04. The number of aryl methyl sites for hydroxylation is 1. The molecule has 1 amide bonds. The number of halogens is 1. The molecular formula is C21H18BrN5O2. The van der Waals surface area contributed by atoms with Gasteiger partial charge in [0.15, 0.2) is 0 Å². The first-order valence-corrected chi connectivity index (χ1v) is 9.89. The Morgan fingerprint density at radius 2 is 2.03 bits per heavy atom. The van der Waals surface area contributed by atoms with Gasteiger partial charge in [0, 0.05) is 33.6 Å². The van der Waals surface area contributed by atoms with Gasteiger partial charge in [0.25, 0.3) is 5.56 Å². The molecular weight excluding hydrogens is 434 g/mol. The van der Waals surface area contributed by atoms with Crippen molar-refractivity contribution in [3.05, 3.63) is 74.9 Å². The van der Waals surface area contributed by atoms with Crippen LogP contribution in [0.1, 0.15) is 18.3 Å². The van der Waals surface area contributed by atoms with E-state index in [9.17, 15) is 9.59 Å². The number of hydrogen-bond donors (Lipinski definition) is 1. The summed E-state index contributed by atoms with van der Waals surface area (Å²) >= 11 is 3.40. The van der Waals surface area contributed by atoms with Gasteiger partial charge in [0.2, 0.25) is 5.91 Å². The molecule has 0 saturated heterocycles. The molecule has 0 atom stereocenters. The summed E-state index contributed by atoms with van der Waals surface area (Å²) in [6, 6.07) is 13.1. The molecule has 0 bridgehead atoms. The van der Waals surface area contributed by atoms with E-state index in [1.165, 1.54) is 4.68 Å². The van der Waals surface area contributed by atoms with E-state index in [0.29, 0.717) is 23.1 Å². The minimum Gasteiger partial charge on any atom is -0.368 e. The summed E-state index contributed by atoms with van der Waals surface area (Å²) < 4.78 is 3.91. The Morgan fingerprint density at radius 1 is 1.24 bits per heavy atom. The highest BCUT2D eigenvalue weighted by molar-refractivity contribution is 9.10. The first kappa shape index (κ1) is 19.1. The van der Waals surface area contributed by atoms with Gasteiger partial charge in [-0.05, 0) is 24.3 Å². The maximum absolute atomic E-state index is 13.0. The van der Waals surface area contributed by atoms with E-state index >= 15 is 0 Å². The number of primary amides is 1. The highest BCUT2D eigenvalue weighted by Crippen LogP contribution is 2.20. The molecule has 0 saturated carbocycles. The van der Waals surface area contributed by atoms with Crippen LogP contribution in [-0.4, -0.2) is 26.3 Å². The van der Waals surface area contributed by atoms with Gasteiger partial charge in [0.1, 0.15) is 12.4 Å². The minimum atomic E-state index is -0.428. The lowest BCUT2D eigenvalue weighted by Gasteiger charge is -2.07. The molecule has 2 N–H and O–H groups in total. The fourth-order valence-electron chi connectivity index (χ4n) is 3.34. The van der Waals surface area contributed by atoms with Crippen molar-refractivity contribution < 1.29 is 4.79 Å². The van der Waals surface area contributed by atoms with Crippen molar-refractivity contribution in [2.75, 3.05) is 0 Å². The number of amides is 1. The van der Waals surface area contributed by atoms with Crippen molar-refractivity contribution in [3.8, 4) is 0 Å². The Labute approximate surface area is 174 Å². The smallest absolute Gasteiger partial charge is 0.282 e. The lowest BCUT2D eigenvalue weighted by Crippen LogP contribution is -2.22. The van der Waals surface area contributed by atoms with Crippen LogP contribution in [-0.2, 0) is 17.8 Å². The van der Waals surface area contributed by atoms with Crippen LogP contribution >= 0.6 is 15.9 Å². The van der Waals surface area contributed by atoms with Crippen LogP contribution in [0.25, 0.3) is 21.8 Å². The molecule has 0 aliphatic carbocycles. The summed E-state index contributed by atoms with van der Waals surface area (Å²) in [6.45, 7) is 2.00. The number of aromatic nitrogens is 3. The Hall–Kier alpha value is -3.26. The lowest BCUT2D eigenvalue weighted by atomic mass is 10.2. The second-order valence-corrected chi connectivity index (χ2v) is 7.52. The number of nitrogens with two attached hydrogens (primary N) is 1. The van der Waals surface area contributed by atoms with Crippen LogP contribution in [0.3, 0.4) is 0 Å². The monoisotopic (exact) mass is 451 g/mol. The third-order valence-electron chi connectivity index (χ3n) is 4.65. The van der Waals surface area contributed by atoms with Crippen LogP contribution in [0.4, 0.5) is 0 Å². The second-order valence-electron chi connectivity index (χ2n) is 6.60. The van der Waals surface area contributed by atoms with Crippen LogP contribution in [0.5, 0.6) is 0 Å². The van der Waals surface area contributed by atoms with E-state index in [4.69, 9.17) is 5.73 Å². The van der Waals surface area contributed by atoms with Crippen LogP contribution in [0.15, 0.2) is 63.0 Å². The van der Waals surface area contributed by atoms with E-state index in [-0.39, 0.29) is 12.1 Å². The topological polar surface area (TPSA) is 95.3 Å². The average molecular weight is 452 g/mol. The first-order valence-electron chi connectivity index (χ1n) is 9.09. The van der Waals surface area contributed by atoms with Crippen LogP contribution < -0.4 is 11.3 Å². The number of nitrogens with zero attached hydrogens (tertiary/aromatic N) is 4. The number of carbonyl (C=O) groups is 1. The van der Waals surface area contributed by atoms with Gasteiger partial charge in [-0.15, -0.1) is 0 Å². The molecule has 4 rings (SSSR count). The Kier molecular flexibility index (Phi) is 5.02. The lowest BCUT2D eigenvalue weighted by molar-refractivity contribution is -0.118. The Balaban J connectivity index is 1.86. The Morgan fingerprint density at radius 3 is 2.79 bits per heavy atom. The largest absolute Gasteiger partial charge is 0.368 e. The standard InChI is InChI=1S/C21H18BrN5O2/c1-2-20-25-17-8-7-14(22)9-16(17)21(29)27(20)24-10-13-11-26(12-19(23)28)18-6-4-3-5-15(13)18/h3-11H,2,12H2,1H3,(H2,23,28). The molecule has 0 aliphatic heterocycles. The molecule has 0 spiro atoms. The molecule has 8 heteroatoms. The fourth-order valence-corrected chi connectivity index (χ4v) is 3.70. The zero-order valence-corrected chi connectivity index (χ0v) is 17.3. The van der Waals surface area contributed by atoms with E-state index in [2.05, 4.69) is 26.0 Å². The predicted molar refractivity (Wildman–Crippen MR) is 117 cm³/mol. The van der Waals surface area contributed by atoms with Crippen LogP contribution in [0.2, 0.25) is 0 Å². The number of rotatable bonds is 5. The highest BCUT2D eigenvalue weighted by Gasteiger charge is 2.11. The normalized spacial score (nSPS) is 11.7. The van der Waals surface area contributed by atoms with Crippen molar-refractivity contribution >= 4 is 49.9 Å². The summed E-state index contributed by atoms with van der Waals surface area (Å²) in [5.74, 6) is 0.144. The second kappa shape index (κ2) is 7.63. The highest BCUT2D eigenvalue weighted by atomic mass is 79.9. The van der Waals surface area contributed by atoms with Gasteiger partial charge in [-0.3, -0.25) is 9.59 Å². The van der Waals surface area contributed by atoms with E-state index < -0.39 is 5.91 Å². The van der Waals surface area contributed by atoms with Crippen molar-refractivity contribution in [3.63, 3.8) is 0 Å². The van der Waals surface area contributed by atoms with Crippen molar-refractivity contribution in [1.82, 2.24) is 14.2 Å². The molecule has 2 heterocycles. The number of fused-ring (bicyclic) bond motifs is 2. The molecule has 7 nitrogen and oxygen atoms in total. The summed E-state index contributed by atoms with van der Waals surface area (Å²) in [5.41, 5.74) is 7.42. The molecule has 146 valence electrons. The minimum absolute atomic E-state index is 0.0695. The van der Waals surface area contributed by atoms with Gasteiger partial charge in [-0.2, -0.15) is 9.78 Å². The fraction of sp³-hybridized carbons (Fsp3) is 0.143. The van der Waals surface area contributed by atoms with Crippen LogP contribution in [0, 0.1) is 0 Å². The SMILES string of the molecule is CCc1nc2ccc(Br)cc2c(=O)n1N=Cc1cn(CC(N)=O)c2ccccc12. The summed E-state index contributed by atoms with van der Waals surface area (Å²) in [5, 5.41) is 5.85. The molecule has 0 aliphatic rings. The predicted octanol–water partition coefficient (Wildman–Crippen LogP) is 3.04. The molecule has 0 fully saturated rings. The summed E-state index contributed by atoms with van der Waals surface area (Å²) in [4.78, 5) is 29.0. The van der Waals surface area contributed by atoms with E-state index in [1.54, 1.807) is 23.0 Å². The van der Waals surface area contributed by atoms with Crippen molar-refractivity contribution in [2.45, 2.75) is 19.9 Å². The third-order valence-corrected chi connectivity index (χ3v) is 5.14. The van der Waals surface area contributed by atoms with Gasteiger partial charge in [-0.25, -0.2) is 4.98 Å². The van der Waals surface area contributed by atoms with Gasteiger partial charge >= 0.3 is 0 Å². The van der Waals surface area contributed by atoms with Crippen molar-refractivity contribution in [2.24, 2.45) is 10.8 Å². The molecule has 2 aromatic heterocycles. The first-order chi connectivity index (χ1) is 14.0. The van der Waals surface area contributed by atoms with E-state index in [0.717, 1.165) is 20.9 Å². The van der Waals surface area contributed by atoms with Crippen molar-refractivity contribution in [1.29, 1.82) is 0 Å². The molecule has 2 aromatic carbocycles. The van der Waals surface area contributed by atoms with E-state index in [1.807, 2.05) is 43.3 Å². The number of para-hydroxylation sites is 1. The number of benzene rings is 2. The molecule has 0 radical (unpaired) electrons. The van der Waals surface area contributed by atoms with Gasteiger partial charge < -0.3 is 10.3 Å². The molecule has 4 aromatic rings. The van der Waals surface area contributed by atoms with Gasteiger partial charge in [0.05, 0.1) is 17.1 Å². The maximum Gasteiger partial charge on any atom is 0.282 e. The zero-order valence-electron chi connectivity index (χ0n) is 15.7. The molecule has 0 unspecified atom stereocenters. The number of carbonyl (C=O) groups excluding carboxylic acids is 1. The quantitative estimate of drug-likeness (QED) is 0.472. The zero-order chi connectivity index (χ0) is 20.5. The maximum atomic E-state index is 13.0. The third kappa shape index (κ3) is 3.58. The Bertz CT molecular complexity index is 1340. The summed E-state index contributed by atoms with van der Waals surface area (Å²) in [6.07, 6.45) is 3.98. The van der Waals surface area contributed by atoms with Gasteiger partial charge in [-0.1, -0.05) is 41.1 Å². The molecule has 29 heavy (non-hydrogen) atoms.